The average molecular weight is 373 g/mol. The van der Waals surface area contributed by atoms with Crippen molar-refractivity contribution >= 4 is 11.9 Å². The summed E-state index contributed by atoms with van der Waals surface area (Å²) in [7, 11) is 0. The van der Waals surface area contributed by atoms with Gasteiger partial charge in [-0.1, -0.05) is 91.9 Å². The lowest BCUT2D eigenvalue weighted by molar-refractivity contribution is -0.143. The van der Waals surface area contributed by atoms with Crippen LogP contribution in [0, 0.1) is 11.8 Å². The molecule has 0 saturated heterocycles. The van der Waals surface area contributed by atoms with Crippen molar-refractivity contribution in [3.63, 3.8) is 0 Å². The molecule has 2 atom stereocenters. The molecule has 156 valence electrons. The van der Waals surface area contributed by atoms with Gasteiger partial charge in [-0.2, -0.15) is 0 Å². The number of unbranched alkanes of at least 4 members (excludes halogenated alkanes) is 8. The van der Waals surface area contributed by atoms with Gasteiger partial charge in [-0.05, 0) is 25.7 Å². The average Bonchev–Trinajstić information content (AvgIpc) is 2.61. The number of hydrogen-bond donors (Lipinski definition) is 2. The molecule has 0 aliphatic heterocycles. The van der Waals surface area contributed by atoms with E-state index in [2.05, 4.69) is 13.8 Å². The summed E-state index contributed by atoms with van der Waals surface area (Å²) < 4.78 is 0. The Labute approximate surface area is 161 Å². The van der Waals surface area contributed by atoms with E-state index in [0.717, 1.165) is 38.5 Å². The molecule has 26 heavy (non-hydrogen) atoms. The van der Waals surface area contributed by atoms with Crippen molar-refractivity contribution in [3.8, 4) is 0 Å². The molecule has 0 aliphatic carbocycles. The van der Waals surface area contributed by atoms with Crippen molar-refractivity contribution in [2.75, 3.05) is 0 Å². The smallest absolute Gasteiger partial charge is 0.306 e. The van der Waals surface area contributed by atoms with E-state index in [1.54, 1.807) is 0 Å². The van der Waals surface area contributed by atoms with Gasteiger partial charge in [0.1, 0.15) is 0 Å². The van der Waals surface area contributed by atoms with Crippen molar-refractivity contribution < 1.29 is 19.8 Å². The highest BCUT2D eigenvalue weighted by atomic mass is 16.4. The van der Waals surface area contributed by atoms with Crippen LogP contribution in [0.5, 0.6) is 0 Å². The molecular weight excluding hydrogens is 328 g/mol. The highest BCUT2D eigenvalue weighted by Gasteiger charge is 2.14. The fourth-order valence-electron chi connectivity index (χ4n) is 2.99. The highest BCUT2D eigenvalue weighted by Crippen LogP contribution is 2.15. The predicted octanol–water partition coefficient (Wildman–Crippen LogP) is 6.92. The third-order valence-electron chi connectivity index (χ3n) is 5.00. The van der Waals surface area contributed by atoms with Gasteiger partial charge in [0.25, 0.3) is 0 Å². The molecular formula is C22H44O4. The topological polar surface area (TPSA) is 74.6 Å². The number of carboxylic acids is 2. The van der Waals surface area contributed by atoms with Crippen LogP contribution in [-0.4, -0.2) is 22.2 Å². The molecule has 0 rings (SSSR count). The zero-order valence-electron chi connectivity index (χ0n) is 17.8. The largest absolute Gasteiger partial charge is 0.481 e. The minimum absolute atomic E-state index is 0.110. The summed E-state index contributed by atoms with van der Waals surface area (Å²) in [5.74, 6) is -1.47. The van der Waals surface area contributed by atoms with Crippen LogP contribution in [0.2, 0.25) is 0 Å². The molecule has 0 spiro atoms. The second-order valence-electron chi connectivity index (χ2n) is 7.29. The first-order valence-electron chi connectivity index (χ1n) is 10.9. The summed E-state index contributed by atoms with van der Waals surface area (Å²) in [5, 5.41) is 17.6. The van der Waals surface area contributed by atoms with Gasteiger partial charge in [0.05, 0.1) is 11.8 Å². The molecule has 0 aromatic carbocycles. The van der Waals surface area contributed by atoms with E-state index in [0.29, 0.717) is 0 Å². The molecule has 0 radical (unpaired) electrons. The first-order chi connectivity index (χ1) is 12.4. The van der Waals surface area contributed by atoms with E-state index in [9.17, 15) is 9.59 Å². The van der Waals surface area contributed by atoms with Crippen LogP contribution in [0.4, 0.5) is 0 Å². The van der Waals surface area contributed by atoms with E-state index >= 15 is 0 Å². The highest BCUT2D eigenvalue weighted by molar-refractivity contribution is 5.70. The zero-order valence-corrected chi connectivity index (χ0v) is 17.8. The summed E-state index contributed by atoms with van der Waals surface area (Å²) >= 11 is 0. The lowest BCUT2D eigenvalue weighted by atomic mass is 9.98. The van der Waals surface area contributed by atoms with Crippen LogP contribution >= 0.6 is 0 Å². The maximum absolute atomic E-state index is 10.7. The minimum Gasteiger partial charge on any atom is -0.481 e. The SMILES string of the molecule is CCCCCCCC(CC)C(=O)O.CCCCCCCC(CC)C(=O)O. The summed E-state index contributed by atoms with van der Waals surface area (Å²) in [5.41, 5.74) is 0. The molecule has 0 saturated carbocycles. The second-order valence-corrected chi connectivity index (χ2v) is 7.29. The van der Waals surface area contributed by atoms with Crippen LogP contribution in [0.25, 0.3) is 0 Å². The molecule has 0 heterocycles. The van der Waals surface area contributed by atoms with Crippen molar-refractivity contribution in [3.05, 3.63) is 0 Å². The Morgan fingerprint density at radius 3 is 1.12 bits per heavy atom. The van der Waals surface area contributed by atoms with Crippen LogP contribution < -0.4 is 0 Å². The monoisotopic (exact) mass is 372 g/mol. The minimum atomic E-state index is -0.627. The maximum Gasteiger partial charge on any atom is 0.306 e. The van der Waals surface area contributed by atoms with Gasteiger partial charge < -0.3 is 10.2 Å². The van der Waals surface area contributed by atoms with Crippen molar-refractivity contribution in [2.24, 2.45) is 11.8 Å². The molecule has 4 nitrogen and oxygen atoms in total. The van der Waals surface area contributed by atoms with Crippen molar-refractivity contribution in [1.29, 1.82) is 0 Å². The number of aliphatic carboxylic acids is 2. The molecule has 0 amide bonds. The summed E-state index contributed by atoms with van der Waals surface area (Å²) in [6, 6.07) is 0. The molecule has 2 N–H and O–H groups in total. The summed E-state index contributed by atoms with van der Waals surface area (Å²) in [6.07, 6.45) is 15.3. The fraction of sp³-hybridized carbons (Fsp3) is 0.909. The van der Waals surface area contributed by atoms with Gasteiger partial charge in [0.2, 0.25) is 0 Å². The third kappa shape index (κ3) is 17.8. The van der Waals surface area contributed by atoms with Crippen LogP contribution in [0.1, 0.15) is 118 Å². The quantitative estimate of drug-likeness (QED) is 0.288. The van der Waals surface area contributed by atoms with Crippen LogP contribution in [-0.2, 0) is 9.59 Å². The Bertz CT molecular complexity index is 296. The molecule has 2 unspecified atom stereocenters. The van der Waals surface area contributed by atoms with Crippen LogP contribution in [0.3, 0.4) is 0 Å². The first kappa shape index (κ1) is 27.2. The lowest BCUT2D eigenvalue weighted by Crippen LogP contribution is -2.12. The van der Waals surface area contributed by atoms with E-state index in [1.165, 1.54) is 51.4 Å². The molecule has 0 bridgehead atoms. The molecule has 4 heteroatoms. The summed E-state index contributed by atoms with van der Waals surface area (Å²) in [6.45, 7) is 8.27. The maximum atomic E-state index is 10.7. The van der Waals surface area contributed by atoms with Gasteiger partial charge in [0.15, 0.2) is 0 Å². The normalized spacial score (nSPS) is 12.8. The van der Waals surface area contributed by atoms with Crippen molar-refractivity contribution in [2.45, 2.75) is 118 Å². The van der Waals surface area contributed by atoms with Gasteiger partial charge in [-0.15, -0.1) is 0 Å². The number of carbonyl (C=O) groups is 2. The van der Waals surface area contributed by atoms with Gasteiger partial charge in [0, 0.05) is 0 Å². The number of hydrogen-bond acceptors (Lipinski definition) is 2. The third-order valence-corrected chi connectivity index (χ3v) is 5.00. The van der Waals surface area contributed by atoms with E-state index < -0.39 is 11.9 Å². The Morgan fingerprint density at radius 1 is 0.577 bits per heavy atom. The molecule has 0 aliphatic rings. The molecule has 0 fully saturated rings. The zero-order chi connectivity index (χ0) is 20.2. The van der Waals surface area contributed by atoms with E-state index in [1.807, 2.05) is 13.8 Å². The van der Waals surface area contributed by atoms with Gasteiger partial charge in [-0.3, -0.25) is 9.59 Å². The Hall–Kier alpha value is -1.06. The first-order valence-corrected chi connectivity index (χ1v) is 10.9. The second kappa shape index (κ2) is 20.3. The standard InChI is InChI=1S/2C11H22O2/c2*1-3-5-6-7-8-9-10(4-2)11(12)13/h2*10H,3-9H2,1-2H3,(H,12,13). The Kier molecular flexibility index (Phi) is 21.2. The van der Waals surface area contributed by atoms with E-state index in [4.69, 9.17) is 10.2 Å². The summed E-state index contributed by atoms with van der Waals surface area (Å²) in [4.78, 5) is 21.3. The van der Waals surface area contributed by atoms with Crippen LogP contribution in [0.15, 0.2) is 0 Å². The fourth-order valence-corrected chi connectivity index (χ4v) is 2.99. The van der Waals surface area contributed by atoms with Gasteiger partial charge in [-0.25, -0.2) is 0 Å². The number of rotatable bonds is 16. The Balaban J connectivity index is 0. The predicted molar refractivity (Wildman–Crippen MR) is 110 cm³/mol. The van der Waals surface area contributed by atoms with E-state index in [-0.39, 0.29) is 11.8 Å². The Morgan fingerprint density at radius 2 is 0.885 bits per heavy atom. The van der Waals surface area contributed by atoms with Crippen molar-refractivity contribution in [1.82, 2.24) is 0 Å². The lowest BCUT2D eigenvalue weighted by Gasteiger charge is -2.08. The number of carboxylic acid groups (broad SMARTS) is 2. The molecule has 0 aromatic rings. The molecule has 0 aromatic heterocycles. The van der Waals surface area contributed by atoms with Gasteiger partial charge >= 0.3 is 11.9 Å².